The van der Waals surface area contributed by atoms with Gasteiger partial charge < -0.3 is 15.5 Å². The maximum absolute atomic E-state index is 13.2. The molecule has 2 atom stereocenters. The molecule has 0 heterocycles. The van der Waals surface area contributed by atoms with Crippen LogP contribution in [0.15, 0.2) is 18.2 Å². The second-order valence-electron chi connectivity index (χ2n) is 3.64. The van der Waals surface area contributed by atoms with E-state index in [1.165, 1.54) is 6.07 Å². The molecule has 0 radical (unpaired) electrons. The van der Waals surface area contributed by atoms with Crippen LogP contribution in [0.2, 0.25) is 0 Å². The Morgan fingerprint density at radius 1 is 1.31 bits per heavy atom. The summed E-state index contributed by atoms with van der Waals surface area (Å²) in [5.74, 6) is -1.54. The molecule has 1 rings (SSSR count). The Balaban J connectivity index is 2.69. The van der Waals surface area contributed by atoms with Gasteiger partial charge in [0.15, 0.2) is 0 Å². The Bertz CT molecular complexity index is 327. The number of hydrogen-bond acceptors (Lipinski definition) is 3. The second-order valence-corrected chi connectivity index (χ2v) is 3.64. The van der Waals surface area contributed by atoms with Gasteiger partial charge in [-0.1, -0.05) is 6.07 Å². The van der Waals surface area contributed by atoms with Crippen LogP contribution in [-0.2, 0) is 0 Å². The number of halogens is 2. The second kappa shape index (κ2) is 5.89. The van der Waals surface area contributed by atoms with E-state index >= 15 is 0 Å². The molecule has 0 saturated carbocycles. The Morgan fingerprint density at radius 3 is 2.38 bits per heavy atom. The molecule has 1 aromatic rings. The molecular formula is C11H15F2NO2. The van der Waals surface area contributed by atoms with E-state index in [1.54, 1.807) is 6.92 Å². The highest BCUT2D eigenvalue weighted by Crippen LogP contribution is 2.19. The Morgan fingerprint density at radius 2 is 1.88 bits per heavy atom. The van der Waals surface area contributed by atoms with Crippen LogP contribution in [0.25, 0.3) is 0 Å². The molecule has 0 spiro atoms. The van der Waals surface area contributed by atoms with Crippen LogP contribution >= 0.6 is 0 Å². The maximum atomic E-state index is 13.2. The van der Waals surface area contributed by atoms with Crippen molar-refractivity contribution in [3.63, 3.8) is 0 Å². The van der Waals surface area contributed by atoms with E-state index in [0.717, 1.165) is 12.1 Å². The summed E-state index contributed by atoms with van der Waals surface area (Å²) in [7, 11) is 0. The minimum absolute atomic E-state index is 0.0143. The molecule has 0 aliphatic rings. The molecule has 2 unspecified atom stereocenters. The lowest BCUT2D eigenvalue weighted by atomic mass is 10.1. The van der Waals surface area contributed by atoms with Crippen LogP contribution in [0, 0.1) is 11.6 Å². The molecule has 16 heavy (non-hydrogen) atoms. The fourth-order valence-corrected chi connectivity index (χ4v) is 1.31. The quantitative estimate of drug-likeness (QED) is 0.707. The van der Waals surface area contributed by atoms with Crippen LogP contribution in [0.1, 0.15) is 18.6 Å². The molecule has 0 aliphatic carbocycles. The topological polar surface area (TPSA) is 52.5 Å². The predicted octanol–water partition coefficient (Wildman–Crippen LogP) is 0.969. The van der Waals surface area contributed by atoms with Gasteiger partial charge in [0.2, 0.25) is 0 Å². The largest absolute Gasteiger partial charge is 0.395 e. The van der Waals surface area contributed by atoms with Crippen molar-refractivity contribution < 1.29 is 19.0 Å². The minimum atomic E-state index is -1.27. The number of benzene rings is 1. The van der Waals surface area contributed by atoms with Crippen LogP contribution < -0.4 is 5.32 Å². The molecule has 0 bridgehead atoms. The molecule has 90 valence electrons. The van der Waals surface area contributed by atoms with Crippen molar-refractivity contribution in [2.24, 2.45) is 0 Å². The SMILES string of the molecule is CC(CO)NCC(O)c1c(F)cccc1F. The monoisotopic (exact) mass is 231 g/mol. The first kappa shape index (κ1) is 13.0. The smallest absolute Gasteiger partial charge is 0.131 e. The van der Waals surface area contributed by atoms with Gasteiger partial charge in [-0.05, 0) is 19.1 Å². The Labute approximate surface area is 92.7 Å². The van der Waals surface area contributed by atoms with Crippen molar-refractivity contribution in [1.29, 1.82) is 0 Å². The summed E-state index contributed by atoms with van der Waals surface area (Å²) >= 11 is 0. The summed E-state index contributed by atoms with van der Waals surface area (Å²) in [5, 5.41) is 21.1. The third-order valence-corrected chi connectivity index (χ3v) is 2.27. The third kappa shape index (κ3) is 3.23. The van der Waals surface area contributed by atoms with Gasteiger partial charge >= 0.3 is 0 Å². The zero-order valence-corrected chi connectivity index (χ0v) is 8.95. The van der Waals surface area contributed by atoms with Crippen molar-refractivity contribution in [3.8, 4) is 0 Å². The van der Waals surface area contributed by atoms with Crippen LogP contribution in [0.3, 0.4) is 0 Å². The van der Waals surface area contributed by atoms with Crippen molar-refractivity contribution in [3.05, 3.63) is 35.4 Å². The molecule has 3 nitrogen and oxygen atoms in total. The summed E-state index contributed by atoms with van der Waals surface area (Å²) in [6.45, 7) is 1.58. The molecule has 0 aliphatic heterocycles. The van der Waals surface area contributed by atoms with E-state index in [-0.39, 0.29) is 24.8 Å². The number of aliphatic hydroxyl groups is 2. The fourth-order valence-electron chi connectivity index (χ4n) is 1.31. The number of aliphatic hydroxyl groups excluding tert-OH is 2. The molecule has 3 N–H and O–H groups in total. The average Bonchev–Trinajstić information content (AvgIpc) is 2.25. The van der Waals surface area contributed by atoms with Gasteiger partial charge in [-0.3, -0.25) is 0 Å². The van der Waals surface area contributed by atoms with Crippen LogP contribution in [-0.4, -0.2) is 29.4 Å². The minimum Gasteiger partial charge on any atom is -0.395 e. The zero-order valence-electron chi connectivity index (χ0n) is 8.95. The van der Waals surface area contributed by atoms with Gasteiger partial charge in [0.25, 0.3) is 0 Å². The Kier molecular flexibility index (Phi) is 4.79. The first-order valence-corrected chi connectivity index (χ1v) is 5.02. The summed E-state index contributed by atoms with van der Waals surface area (Å²) in [6, 6.07) is 3.20. The van der Waals surface area contributed by atoms with E-state index in [0.29, 0.717) is 0 Å². The van der Waals surface area contributed by atoms with Gasteiger partial charge in [-0.15, -0.1) is 0 Å². The molecule has 0 aromatic heterocycles. The molecule has 0 saturated heterocycles. The normalized spacial score (nSPS) is 14.8. The number of hydrogen-bond donors (Lipinski definition) is 3. The average molecular weight is 231 g/mol. The van der Waals surface area contributed by atoms with Crippen molar-refractivity contribution >= 4 is 0 Å². The summed E-state index contributed by atoms with van der Waals surface area (Å²) in [5.41, 5.74) is -0.347. The first-order chi connectivity index (χ1) is 7.56. The zero-order chi connectivity index (χ0) is 12.1. The number of nitrogens with one attached hydrogen (secondary N) is 1. The summed E-state index contributed by atoms with van der Waals surface area (Å²) < 4.78 is 26.5. The van der Waals surface area contributed by atoms with Crippen LogP contribution in [0.4, 0.5) is 8.78 Å². The van der Waals surface area contributed by atoms with E-state index in [1.807, 2.05) is 0 Å². The lowest BCUT2D eigenvalue weighted by molar-refractivity contribution is 0.153. The number of rotatable bonds is 5. The lowest BCUT2D eigenvalue weighted by Gasteiger charge is -2.16. The van der Waals surface area contributed by atoms with E-state index < -0.39 is 17.7 Å². The predicted molar refractivity (Wildman–Crippen MR) is 55.9 cm³/mol. The standard InChI is InChI=1S/C11H15F2NO2/c1-7(6-15)14-5-10(16)11-8(12)3-2-4-9(11)13/h2-4,7,10,14-16H,5-6H2,1H3. The van der Waals surface area contributed by atoms with Crippen LogP contribution in [0.5, 0.6) is 0 Å². The molecule has 0 amide bonds. The van der Waals surface area contributed by atoms with E-state index in [4.69, 9.17) is 5.11 Å². The van der Waals surface area contributed by atoms with E-state index in [2.05, 4.69) is 5.32 Å². The lowest BCUT2D eigenvalue weighted by Crippen LogP contribution is -2.33. The molecule has 1 aromatic carbocycles. The van der Waals surface area contributed by atoms with Gasteiger partial charge in [-0.25, -0.2) is 8.78 Å². The Hall–Kier alpha value is -1.04. The highest BCUT2D eigenvalue weighted by molar-refractivity contribution is 5.22. The third-order valence-electron chi connectivity index (χ3n) is 2.27. The molecular weight excluding hydrogens is 216 g/mol. The first-order valence-electron chi connectivity index (χ1n) is 5.02. The van der Waals surface area contributed by atoms with Gasteiger partial charge in [-0.2, -0.15) is 0 Å². The van der Waals surface area contributed by atoms with Gasteiger partial charge in [0.1, 0.15) is 11.6 Å². The summed E-state index contributed by atoms with van der Waals surface area (Å²) in [6.07, 6.45) is -1.27. The van der Waals surface area contributed by atoms with Gasteiger partial charge in [0.05, 0.1) is 18.3 Å². The fraction of sp³-hybridized carbons (Fsp3) is 0.455. The van der Waals surface area contributed by atoms with Crippen molar-refractivity contribution in [2.45, 2.75) is 19.1 Å². The summed E-state index contributed by atoms with van der Waals surface area (Å²) in [4.78, 5) is 0. The maximum Gasteiger partial charge on any atom is 0.131 e. The van der Waals surface area contributed by atoms with Crippen molar-refractivity contribution in [1.82, 2.24) is 5.32 Å². The highest BCUT2D eigenvalue weighted by atomic mass is 19.1. The van der Waals surface area contributed by atoms with Gasteiger partial charge in [0, 0.05) is 12.6 Å². The molecule has 5 heteroatoms. The highest BCUT2D eigenvalue weighted by Gasteiger charge is 2.17. The molecule has 0 fully saturated rings. The van der Waals surface area contributed by atoms with Crippen molar-refractivity contribution in [2.75, 3.05) is 13.2 Å². The van der Waals surface area contributed by atoms with E-state index in [9.17, 15) is 13.9 Å².